The van der Waals surface area contributed by atoms with Crippen LogP contribution in [0.25, 0.3) is 0 Å². The number of amides is 1. The number of anilines is 2. The van der Waals surface area contributed by atoms with Crippen LogP contribution < -0.4 is 15.0 Å². The molecule has 7 nitrogen and oxygen atoms in total. The van der Waals surface area contributed by atoms with Gasteiger partial charge in [0.25, 0.3) is 0 Å². The maximum Gasteiger partial charge on any atom is 0.244 e. The highest BCUT2D eigenvalue weighted by atomic mass is 32.2. The normalized spacial score (nSPS) is 21.3. The molecule has 164 valence electrons. The molecule has 1 amide bonds. The summed E-state index contributed by atoms with van der Waals surface area (Å²) in [6.45, 7) is 2.33. The Hall–Kier alpha value is -2.59. The second kappa shape index (κ2) is 8.88. The number of hydrogen-bond donors (Lipinski definition) is 1. The number of halogens is 1. The largest absolute Gasteiger partial charge is 0.494 e. The van der Waals surface area contributed by atoms with Crippen LogP contribution >= 0.6 is 11.8 Å². The summed E-state index contributed by atoms with van der Waals surface area (Å²) in [5.41, 5.74) is 0.810. The molecule has 0 unspecified atom stereocenters. The van der Waals surface area contributed by atoms with Gasteiger partial charge in [0.2, 0.25) is 5.91 Å². The van der Waals surface area contributed by atoms with Gasteiger partial charge >= 0.3 is 0 Å². The minimum Gasteiger partial charge on any atom is -0.494 e. The smallest absolute Gasteiger partial charge is 0.244 e. The number of sulfone groups is 1. The summed E-state index contributed by atoms with van der Waals surface area (Å²) in [6, 6.07) is 12.9. The number of carbonyl (C=O) groups is 1. The van der Waals surface area contributed by atoms with Crippen molar-refractivity contribution in [3.8, 4) is 5.75 Å². The van der Waals surface area contributed by atoms with Crippen molar-refractivity contribution in [2.45, 2.75) is 18.2 Å². The number of carbonyl (C=O) groups excluding carboxylic acids is 1. The standard InChI is InChI=1S/C21H22FN3O4S2/c1-2-29-15-9-7-14(8-10-15)25(11-20(26)23-17-6-4-3-5-16(17)22)21-24-18-12-31(27,28)13-19(18)30-21/h3-10,18-19H,2,11-13H2,1H3,(H,23,26)/t18-,19+/m1/s1. The molecule has 10 heteroatoms. The van der Waals surface area contributed by atoms with Crippen LogP contribution in [0, 0.1) is 5.82 Å². The lowest BCUT2D eigenvalue weighted by Crippen LogP contribution is -2.36. The van der Waals surface area contributed by atoms with Gasteiger partial charge < -0.3 is 15.0 Å². The topological polar surface area (TPSA) is 88.1 Å². The number of benzene rings is 2. The molecule has 4 rings (SSSR count). The fraction of sp³-hybridized carbons (Fsp3) is 0.333. The van der Waals surface area contributed by atoms with Crippen molar-refractivity contribution in [2.24, 2.45) is 4.99 Å². The van der Waals surface area contributed by atoms with Crippen molar-refractivity contribution in [1.29, 1.82) is 0 Å². The number of ether oxygens (including phenoxy) is 1. The van der Waals surface area contributed by atoms with Crippen molar-refractivity contribution in [1.82, 2.24) is 0 Å². The first-order valence-electron chi connectivity index (χ1n) is 9.84. The van der Waals surface area contributed by atoms with Crippen LogP contribution in [-0.4, -0.2) is 55.4 Å². The molecule has 2 aromatic carbocycles. The van der Waals surface area contributed by atoms with Crippen LogP contribution in [0.15, 0.2) is 53.5 Å². The quantitative estimate of drug-likeness (QED) is 0.709. The maximum absolute atomic E-state index is 13.9. The number of nitrogens with one attached hydrogen (secondary N) is 1. The fourth-order valence-corrected chi connectivity index (χ4v) is 7.31. The summed E-state index contributed by atoms with van der Waals surface area (Å²) in [5.74, 6) is -0.130. The summed E-state index contributed by atoms with van der Waals surface area (Å²) in [5, 5.41) is 3.02. The molecule has 1 N–H and O–H groups in total. The lowest BCUT2D eigenvalue weighted by atomic mass is 10.2. The second-order valence-corrected chi connectivity index (χ2v) is 10.6. The Bertz CT molecular complexity index is 1110. The molecule has 0 saturated carbocycles. The summed E-state index contributed by atoms with van der Waals surface area (Å²) in [4.78, 5) is 19.0. The molecular formula is C21H22FN3O4S2. The zero-order valence-corrected chi connectivity index (χ0v) is 18.5. The summed E-state index contributed by atoms with van der Waals surface area (Å²) >= 11 is 1.36. The van der Waals surface area contributed by atoms with Gasteiger partial charge in [-0.15, -0.1) is 0 Å². The number of para-hydroxylation sites is 1. The van der Waals surface area contributed by atoms with E-state index in [0.29, 0.717) is 23.2 Å². The number of nitrogens with zero attached hydrogens (tertiary/aromatic N) is 2. The van der Waals surface area contributed by atoms with E-state index in [-0.39, 0.29) is 35.0 Å². The molecule has 2 heterocycles. The highest BCUT2D eigenvalue weighted by Crippen LogP contribution is 2.37. The Morgan fingerprint density at radius 1 is 1.23 bits per heavy atom. The monoisotopic (exact) mass is 463 g/mol. The van der Waals surface area contributed by atoms with Gasteiger partial charge in [0, 0.05) is 10.9 Å². The molecule has 2 atom stereocenters. The number of fused-ring (bicyclic) bond motifs is 1. The van der Waals surface area contributed by atoms with Crippen molar-refractivity contribution in [3.63, 3.8) is 0 Å². The highest BCUT2D eigenvalue weighted by molar-refractivity contribution is 8.15. The average molecular weight is 464 g/mol. The van der Waals surface area contributed by atoms with Crippen LogP contribution in [0.3, 0.4) is 0 Å². The second-order valence-electron chi connectivity index (χ2n) is 7.25. The zero-order valence-electron chi connectivity index (χ0n) is 16.8. The van der Waals surface area contributed by atoms with Gasteiger partial charge in [0.05, 0.1) is 29.8 Å². The van der Waals surface area contributed by atoms with E-state index in [1.807, 2.05) is 19.1 Å². The summed E-state index contributed by atoms with van der Waals surface area (Å²) in [6.07, 6.45) is 0. The van der Waals surface area contributed by atoms with E-state index in [2.05, 4.69) is 10.3 Å². The molecule has 0 aromatic heterocycles. The summed E-state index contributed by atoms with van der Waals surface area (Å²) in [7, 11) is -3.08. The Labute approximate surface area is 184 Å². The van der Waals surface area contributed by atoms with Gasteiger partial charge in [-0.25, -0.2) is 12.8 Å². The average Bonchev–Trinajstić information content (AvgIpc) is 3.22. The molecule has 0 radical (unpaired) electrons. The highest BCUT2D eigenvalue weighted by Gasteiger charge is 2.44. The van der Waals surface area contributed by atoms with E-state index in [9.17, 15) is 17.6 Å². The SMILES string of the molecule is CCOc1ccc(N(CC(=O)Nc2ccccc2F)C2=N[C@@H]3CS(=O)(=O)C[C@@H]3S2)cc1. The zero-order chi connectivity index (χ0) is 22.0. The summed E-state index contributed by atoms with van der Waals surface area (Å²) < 4.78 is 43.2. The number of thioether (sulfide) groups is 1. The van der Waals surface area contributed by atoms with Gasteiger partial charge in [0.15, 0.2) is 15.0 Å². The third kappa shape index (κ3) is 5.01. The maximum atomic E-state index is 13.9. The van der Waals surface area contributed by atoms with Gasteiger partial charge in [-0.1, -0.05) is 23.9 Å². The number of hydrogen-bond acceptors (Lipinski definition) is 7. The third-order valence-electron chi connectivity index (χ3n) is 4.95. The molecule has 0 aliphatic carbocycles. The van der Waals surface area contributed by atoms with Crippen molar-refractivity contribution in [2.75, 3.05) is 34.9 Å². The molecule has 0 bridgehead atoms. The third-order valence-corrected chi connectivity index (χ3v) is 8.19. The Morgan fingerprint density at radius 2 is 1.97 bits per heavy atom. The van der Waals surface area contributed by atoms with E-state index in [0.717, 1.165) is 0 Å². The molecule has 2 aliphatic heterocycles. The van der Waals surface area contributed by atoms with Gasteiger partial charge in [-0.3, -0.25) is 9.79 Å². The van der Waals surface area contributed by atoms with Crippen LogP contribution in [0.4, 0.5) is 15.8 Å². The van der Waals surface area contributed by atoms with E-state index in [4.69, 9.17) is 4.74 Å². The fourth-order valence-electron chi connectivity index (χ4n) is 3.53. The number of aliphatic imine (C=N–C) groups is 1. The molecule has 0 spiro atoms. The van der Waals surface area contributed by atoms with Gasteiger partial charge in [0.1, 0.15) is 18.1 Å². The van der Waals surface area contributed by atoms with E-state index in [1.165, 1.54) is 23.9 Å². The van der Waals surface area contributed by atoms with Crippen molar-refractivity contribution < 1.29 is 22.3 Å². The van der Waals surface area contributed by atoms with Crippen molar-refractivity contribution in [3.05, 3.63) is 54.3 Å². The number of amidine groups is 1. The first-order valence-corrected chi connectivity index (χ1v) is 12.5. The van der Waals surface area contributed by atoms with E-state index in [1.54, 1.807) is 29.2 Å². The number of rotatable bonds is 6. The molecular weight excluding hydrogens is 441 g/mol. The minimum absolute atomic E-state index is 0.0205. The van der Waals surface area contributed by atoms with Crippen LogP contribution in [-0.2, 0) is 14.6 Å². The molecule has 2 aromatic rings. The lowest BCUT2D eigenvalue weighted by Gasteiger charge is -2.24. The molecule has 2 aliphatic rings. The van der Waals surface area contributed by atoms with Crippen LogP contribution in [0.5, 0.6) is 5.75 Å². The lowest BCUT2D eigenvalue weighted by molar-refractivity contribution is -0.114. The Morgan fingerprint density at radius 3 is 2.65 bits per heavy atom. The molecule has 1 saturated heterocycles. The van der Waals surface area contributed by atoms with Gasteiger partial charge in [-0.05, 0) is 43.3 Å². The molecule has 31 heavy (non-hydrogen) atoms. The van der Waals surface area contributed by atoms with Gasteiger partial charge in [-0.2, -0.15) is 0 Å². The van der Waals surface area contributed by atoms with Crippen LogP contribution in [0.2, 0.25) is 0 Å². The van der Waals surface area contributed by atoms with E-state index < -0.39 is 21.6 Å². The minimum atomic E-state index is -3.08. The van der Waals surface area contributed by atoms with E-state index >= 15 is 0 Å². The predicted octanol–water partition coefficient (Wildman–Crippen LogP) is 2.94. The molecule has 1 fully saturated rings. The Balaban J connectivity index is 1.57. The predicted molar refractivity (Wildman–Crippen MR) is 121 cm³/mol. The Kier molecular flexibility index (Phi) is 6.19. The first-order chi connectivity index (χ1) is 14.8. The first kappa shape index (κ1) is 21.6. The van der Waals surface area contributed by atoms with Crippen LogP contribution in [0.1, 0.15) is 6.92 Å². The van der Waals surface area contributed by atoms with Crippen molar-refractivity contribution >= 4 is 44.0 Å².